The van der Waals surface area contributed by atoms with Crippen molar-refractivity contribution in [3.05, 3.63) is 34.1 Å². The summed E-state index contributed by atoms with van der Waals surface area (Å²) < 4.78 is 66.2. The van der Waals surface area contributed by atoms with Gasteiger partial charge in [0.05, 0.1) is 17.5 Å². The molecule has 0 saturated heterocycles. The van der Waals surface area contributed by atoms with Gasteiger partial charge in [-0.1, -0.05) is 0 Å². The first kappa shape index (κ1) is 18.0. The first-order valence-electron chi connectivity index (χ1n) is 6.21. The van der Waals surface area contributed by atoms with Gasteiger partial charge in [-0.2, -0.15) is 5.26 Å². The molecule has 1 aromatic heterocycles. The Kier molecular flexibility index (Phi) is 4.68. The first-order chi connectivity index (χ1) is 11.0. The van der Waals surface area contributed by atoms with Gasteiger partial charge in [0, 0.05) is 7.05 Å². The fourth-order valence-corrected chi connectivity index (χ4v) is 2.70. The molecule has 0 radical (unpaired) electrons. The Morgan fingerprint density at radius 2 is 2.04 bits per heavy atom. The number of nitrogens with zero attached hydrogens (tertiary/aromatic N) is 4. The highest BCUT2D eigenvalue weighted by Gasteiger charge is 2.21. The lowest BCUT2D eigenvalue weighted by Crippen LogP contribution is -2.12. The van der Waals surface area contributed by atoms with Crippen molar-refractivity contribution in [1.29, 1.82) is 5.26 Å². The van der Waals surface area contributed by atoms with E-state index in [0.717, 1.165) is 27.6 Å². The summed E-state index contributed by atoms with van der Waals surface area (Å²) in [6.07, 6.45) is -2.09. The number of halogens is 3. The van der Waals surface area contributed by atoms with E-state index in [-0.39, 0.29) is 21.7 Å². The predicted octanol–water partition coefficient (Wildman–Crippen LogP) is 2.26. The molecule has 0 unspecified atom stereocenters. The van der Waals surface area contributed by atoms with Gasteiger partial charge in [-0.15, -0.1) is 5.10 Å². The maximum atomic E-state index is 14.2. The molecule has 7 nitrogen and oxygen atoms in total. The lowest BCUT2D eigenvalue weighted by atomic mass is 10.1. The molecule has 0 aliphatic heterocycles. The summed E-state index contributed by atoms with van der Waals surface area (Å²) in [5.41, 5.74) is -0.867. The topological polar surface area (TPSA) is 92.7 Å². The van der Waals surface area contributed by atoms with Gasteiger partial charge in [0.2, 0.25) is 14.8 Å². The molecule has 1 N–H and O–H groups in total. The SMILES string of the molecule is Cn1c(C(F)F)nn(-c2cc(NS(C)(=O)=O)c(C#N)cc2F)c1=S. The Morgan fingerprint density at radius 3 is 2.50 bits per heavy atom. The summed E-state index contributed by atoms with van der Waals surface area (Å²) in [7, 11) is -2.51. The summed E-state index contributed by atoms with van der Waals surface area (Å²) in [6, 6.07) is 3.37. The number of nitriles is 1. The second kappa shape index (κ2) is 6.25. The van der Waals surface area contributed by atoms with E-state index in [1.807, 2.05) is 0 Å². The van der Waals surface area contributed by atoms with Gasteiger partial charge in [-0.05, 0) is 24.4 Å². The molecular formula is C12H10F3N5O2S2. The summed E-state index contributed by atoms with van der Waals surface area (Å²) in [6.45, 7) is 0. The van der Waals surface area contributed by atoms with Crippen molar-refractivity contribution in [2.75, 3.05) is 11.0 Å². The zero-order valence-electron chi connectivity index (χ0n) is 12.3. The van der Waals surface area contributed by atoms with Crippen LogP contribution in [0.25, 0.3) is 5.69 Å². The van der Waals surface area contributed by atoms with Gasteiger partial charge in [0.15, 0.2) is 5.82 Å². The summed E-state index contributed by atoms with van der Waals surface area (Å²) >= 11 is 4.95. The number of benzene rings is 1. The van der Waals surface area contributed by atoms with Crippen LogP contribution >= 0.6 is 12.2 Å². The van der Waals surface area contributed by atoms with Crippen LogP contribution in [0.1, 0.15) is 17.8 Å². The van der Waals surface area contributed by atoms with E-state index in [4.69, 9.17) is 17.5 Å². The van der Waals surface area contributed by atoms with Crippen LogP contribution in [0.4, 0.5) is 18.9 Å². The van der Waals surface area contributed by atoms with Crippen LogP contribution in [-0.4, -0.2) is 29.0 Å². The largest absolute Gasteiger partial charge is 0.302 e. The lowest BCUT2D eigenvalue weighted by Gasteiger charge is -2.10. The molecule has 0 spiro atoms. The normalized spacial score (nSPS) is 11.5. The summed E-state index contributed by atoms with van der Waals surface area (Å²) in [5, 5.41) is 12.5. The van der Waals surface area contributed by atoms with Crippen molar-refractivity contribution in [3.63, 3.8) is 0 Å². The fraction of sp³-hybridized carbons (Fsp3) is 0.250. The zero-order chi connectivity index (χ0) is 18.2. The lowest BCUT2D eigenvalue weighted by molar-refractivity contribution is 0.136. The number of sulfonamides is 1. The van der Waals surface area contributed by atoms with E-state index in [0.29, 0.717) is 0 Å². The van der Waals surface area contributed by atoms with Gasteiger partial charge in [-0.25, -0.2) is 26.3 Å². The van der Waals surface area contributed by atoms with Gasteiger partial charge in [-0.3, -0.25) is 4.72 Å². The quantitative estimate of drug-likeness (QED) is 0.825. The van der Waals surface area contributed by atoms with Crippen LogP contribution < -0.4 is 4.72 Å². The minimum Gasteiger partial charge on any atom is -0.302 e. The number of aromatic nitrogens is 3. The minimum absolute atomic E-state index is 0.220. The molecular weight excluding hydrogens is 367 g/mol. The molecule has 0 aliphatic carbocycles. The van der Waals surface area contributed by atoms with Gasteiger partial charge in [0.1, 0.15) is 17.6 Å². The highest BCUT2D eigenvalue weighted by atomic mass is 32.2. The molecule has 2 aromatic rings. The Morgan fingerprint density at radius 1 is 1.42 bits per heavy atom. The highest BCUT2D eigenvalue weighted by molar-refractivity contribution is 7.92. The molecule has 0 saturated carbocycles. The highest BCUT2D eigenvalue weighted by Crippen LogP contribution is 2.25. The Hall–Kier alpha value is -2.39. The Balaban J connectivity index is 2.73. The smallest absolute Gasteiger partial charge is 0.297 e. The third-order valence-electron chi connectivity index (χ3n) is 2.94. The van der Waals surface area contributed by atoms with E-state index < -0.39 is 28.1 Å². The maximum absolute atomic E-state index is 14.2. The fourth-order valence-electron chi connectivity index (χ4n) is 1.90. The second-order valence-corrected chi connectivity index (χ2v) is 6.86. The van der Waals surface area contributed by atoms with Crippen molar-refractivity contribution in [3.8, 4) is 11.8 Å². The molecule has 2 rings (SSSR count). The van der Waals surface area contributed by atoms with E-state index in [9.17, 15) is 21.6 Å². The van der Waals surface area contributed by atoms with E-state index in [1.54, 1.807) is 6.07 Å². The number of rotatable bonds is 4. The molecule has 0 bridgehead atoms. The minimum atomic E-state index is -3.75. The van der Waals surface area contributed by atoms with Crippen molar-refractivity contribution >= 4 is 27.9 Å². The van der Waals surface area contributed by atoms with Crippen molar-refractivity contribution < 1.29 is 21.6 Å². The summed E-state index contributed by atoms with van der Waals surface area (Å²) in [4.78, 5) is 0. The molecule has 0 aliphatic rings. The number of nitrogens with one attached hydrogen (secondary N) is 1. The second-order valence-electron chi connectivity index (χ2n) is 4.75. The molecule has 128 valence electrons. The van der Waals surface area contributed by atoms with Gasteiger partial charge in [0.25, 0.3) is 6.43 Å². The van der Waals surface area contributed by atoms with Crippen LogP contribution in [0, 0.1) is 21.9 Å². The molecule has 12 heteroatoms. The van der Waals surface area contributed by atoms with Crippen LogP contribution in [0.15, 0.2) is 12.1 Å². The van der Waals surface area contributed by atoms with Crippen molar-refractivity contribution in [2.24, 2.45) is 7.05 Å². The first-order valence-corrected chi connectivity index (χ1v) is 8.51. The molecule has 1 heterocycles. The van der Waals surface area contributed by atoms with Crippen molar-refractivity contribution in [1.82, 2.24) is 14.3 Å². The number of anilines is 1. The van der Waals surface area contributed by atoms with E-state index in [2.05, 4.69) is 9.82 Å². The Labute approximate surface area is 140 Å². The monoisotopic (exact) mass is 377 g/mol. The van der Waals surface area contributed by atoms with Crippen LogP contribution in [0.3, 0.4) is 0 Å². The molecule has 1 aromatic carbocycles. The van der Waals surface area contributed by atoms with E-state index >= 15 is 0 Å². The van der Waals surface area contributed by atoms with Crippen molar-refractivity contribution in [2.45, 2.75) is 6.43 Å². The maximum Gasteiger partial charge on any atom is 0.297 e. The summed E-state index contributed by atoms with van der Waals surface area (Å²) in [5.74, 6) is -1.65. The average Bonchev–Trinajstić information content (AvgIpc) is 2.75. The molecule has 0 atom stereocenters. The standard InChI is InChI=1S/C12H10F3N5O2S2/c1-19-11(10(14)15)17-20(12(19)23)9-4-8(18-24(2,21)22)6(5-16)3-7(9)13/h3-4,10,18H,1-2H3. The van der Waals surface area contributed by atoms with Crippen LogP contribution in [0.2, 0.25) is 0 Å². The molecule has 0 amide bonds. The van der Waals surface area contributed by atoms with E-state index in [1.165, 1.54) is 7.05 Å². The predicted molar refractivity (Wildman–Crippen MR) is 81.5 cm³/mol. The van der Waals surface area contributed by atoms with Gasteiger partial charge >= 0.3 is 0 Å². The zero-order valence-corrected chi connectivity index (χ0v) is 13.9. The Bertz CT molecular complexity index is 1000. The molecule has 0 fully saturated rings. The molecule has 24 heavy (non-hydrogen) atoms. The third-order valence-corrected chi connectivity index (χ3v) is 3.98. The number of alkyl halides is 2. The van der Waals surface area contributed by atoms with Crippen LogP contribution in [0.5, 0.6) is 0 Å². The number of hydrogen-bond donors (Lipinski definition) is 1. The van der Waals surface area contributed by atoms with Gasteiger partial charge < -0.3 is 4.57 Å². The average molecular weight is 377 g/mol. The van der Waals surface area contributed by atoms with Crippen LogP contribution in [-0.2, 0) is 17.1 Å². The third kappa shape index (κ3) is 3.41. The number of hydrogen-bond acceptors (Lipinski definition) is 5.